The molecule has 2 atom stereocenters. The Kier molecular flexibility index (Phi) is 3.10. The van der Waals surface area contributed by atoms with Gasteiger partial charge in [0.1, 0.15) is 0 Å². The minimum Gasteiger partial charge on any atom is -0.374 e. The Morgan fingerprint density at radius 2 is 2.43 bits per heavy atom. The van der Waals surface area contributed by atoms with Gasteiger partial charge in [0.15, 0.2) is 0 Å². The highest BCUT2D eigenvalue weighted by atomic mass is 16.5. The molecule has 14 heavy (non-hydrogen) atoms. The van der Waals surface area contributed by atoms with Crippen LogP contribution >= 0.6 is 0 Å². The molecule has 0 amide bonds. The van der Waals surface area contributed by atoms with E-state index in [9.17, 15) is 0 Å². The van der Waals surface area contributed by atoms with Gasteiger partial charge in [0.2, 0.25) is 0 Å². The van der Waals surface area contributed by atoms with E-state index in [4.69, 9.17) is 10.5 Å². The maximum Gasteiger partial charge on any atom is 0.0824 e. The van der Waals surface area contributed by atoms with Crippen LogP contribution in [0.4, 0.5) is 0 Å². The van der Waals surface area contributed by atoms with Gasteiger partial charge in [0.05, 0.1) is 5.60 Å². The third kappa shape index (κ3) is 2.10. The molecule has 2 N–H and O–H groups in total. The molecule has 2 aliphatic rings. The lowest BCUT2D eigenvalue weighted by Crippen LogP contribution is -2.55. The molecule has 2 heterocycles. The highest BCUT2D eigenvalue weighted by molar-refractivity contribution is 4.94. The fourth-order valence-electron chi connectivity index (χ4n) is 2.81. The third-order valence-electron chi connectivity index (χ3n) is 3.60. The van der Waals surface area contributed by atoms with Gasteiger partial charge in [-0.2, -0.15) is 0 Å². The van der Waals surface area contributed by atoms with Crippen LogP contribution in [0.5, 0.6) is 0 Å². The third-order valence-corrected chi connectivity index (χ3v) is 3.60. The second-order valence-corrected chi connectivity index (χ2v) is 4.76. The van der Waals surface area contributed by atoms with Crippen LogP contribution in [-0.4, -0.2) is 42.8 Å². The van der Waals surface area contributed by atoms with Crippen molar-refractivity contribution < 1.29 is 4.74 Å². The minimum absolute atomic E-state index is 0.103. The largest absolute Gasteiger partial charge is 0.374 e. The standard InChI is InChI=1S/C11H22N2O/c1-2-13-6-3-5-11(9-13)8-10(12)4-7-14-11/h10H,2-9,12H2,1H3/t10-,11+/m0/s1. The molecule has 0 radical (unpaired) electrons. The Labute approximate surface area is 86.6 Å². The molecule has 3 heteroatoms. The average molecular weight is 198 g/mol. The summed E-state index contributed by atoms with van der Waals surface area (Å²) < 4.78 is 5.99. The van der Waals surface area contributed by atoms with Crippen LogP contribution in [-0.2, 0) is 4.74 Å². The summed E-state index contributed by atoms with van der Waals surface area (Å²) in [5, 5.41) is 0. The SMILES string of the molecule is CCN1CCC[C@@]2(C[C@@H](N)CCO2)C1. The second kappa shape index (κ2) is 4.17. The summed E-state index contributed by atoms with van der Waals surface area (Å²) in [6.07, 6.45) is 4.56. The molecule has 1 spiro atoms. The first kappa shape index (κ1) is 10.4. The summed E-state index contributed by atoms with van der Waals surface area (Å²) in [5.41, 5.74) is 6.13. The van der Waals surface area contributed by atoms with E-state index in [0.29, 0.717) is 6.04 Å². The van der Waals surface area contributed by atoms with Gasteiger partial charge < -0.3 is 15.4 Å². The van der Waals surface area contributed by atoms with Crippen molar-refractivity contribution in [3.63, 3.8) is 0 Å². The first-order chi connectivity index (χ1) is 6.74. The Balaban J connectivity index is 1.99. The summed E-state index contributed by atoms with van der Waals surface area (Å²) in [7, 11) is 0. The summed E-state index contributed by atoms with van der Waals surface area (Å²) in [6.45, 7) is 6.55. The van der Waals surface area contributed by atoms with Crippen LogP contribution in [0.1, 0.15) is 32.6 Å². The van der Waals surface area contributed by atoms with Crippen molar-refractivity contribution in [2.75, 3.05) is 26.2 Å². The van der Waals surface area contributed by atoms with Crippen molar-refractivity contribution in [2.24, 2.45) is 5.73 Å². The van der Waals surface area contributed by atoms with Crippen LogP contribution in [0.3, 0.4) is 0 Å². The predicted octanol–water partition coefficient (Wildman–Crippen LogP) is 0.979. The summed E-state index contributed by atoms with van der Waals surface area (Å²) >= 11 is 0. The molecular weight excluding hydrogens is 176 g/mol. The van der Waals surface area contributed by atoms with Gasteiger partial charge in [-0.15, -0.1) is 0 Å². The lowest BCUT2D eigenvalue weighted by atomic mass is 9.84. The van der Waals surface area contributed by atoms with E-state index in [1.165, 1.54) is 19.4 Å². The highest BCUT2D eigenvalue weighted by Gasteiger charge is 2.39. The van der Waals surface area contributed by atoms with E-state index in [1.807, 2.05) is 0 Å². The van der Waals surface area contributed by atoms with Crippen LogP contribution < -0.4 is 5.73 Å². The van der Waals surface area contributed by atoms with Crippen molar-refractivity contribution in [3.8, 4) is 0 Å². The van der Waals surface area contributed by atoms with Crippen LogP contribution in [0.25, 0.3) is 0 Å². The van der Waals surface area contributed by atoms with Crippen LogP contribution in [0.2, 0.25) is 0 Å². The van der Waals surface area contributed by atoms with Gasteiger partial charge in [-0.05, 0) is 38.8 Å². The van der Waals surface area contributed by atoms with Crippen LogP contribution in [0, 0.1) is 0 Å². The van der Waals surface area contributed by atoms with E-state index in [2.05, 4.69) is 11.8 Å². The van der Waals surface area contributed by atoms with Crippen molar-refractivity contribution in [1.82, 2.24) is 4.90 Å². The molecular formula is C11H22N2O. The zero-order chi connectivity index (χ0) is 10.0. The number of hydrogen-bond acceptors (Lipinski definition) is 3. The molecule has 0 unspecified atom stereocenters. The molecule has 0 bridgehead atoms. The quantitative estimate of drug-likeness (QED) is 0.682. The minimum atomic E-state index is 0.103. The first-order valence-corrected chi connectivity index (χ1v) is 5.86. The Bertz CT molecular complexity index is 194. The Morgan fingerprint density at radius 3 is 3.14 bits per heavy atom. The van der Waals surface area contributed by atoms with Crippen LogP contribution in [0.15, 0.2) is 0 Å². The molecule has 2 fully saturated rings. The summed E-state index contributed by atoms with van der Waals surface area (Å²) in [6, 6.07) is 0.362. The van der Waals surface area contributed by atoms with E-state index in [-0.39, 0.29) is 5.60 Å². The van der Waals surface area contributed by atoms with Crippen molar-refractivity contribution in [3.05, 3.63) is 0 Å². The second-order valence-electron chi connectivity index (χ2n) is 4.76. The number of likely N-dealkylation sites (tertiary alicyclic amines) is 1. The summed E-state index contributed by atoms with van der Waals surface area (Å²) in [4.78, 5) is 2.49. The lowest BCUT2D eigenvalue weighted by molar-refractivity contribution is -0.120. The molecule has 0 aromatic carbocycles. The molecule has 82 valence electrons. The fourth-order valence-corrected chi connectivity index (χ4v) is 2.81. The van der Waals surface area contributed by atoms with Gasteiger partial charge in [0.25, 0.3) is 0 Å². The molecule has 2 rings (SSSR count). The topological polar surface area (TPSA) is 38.5 Å². The number of ether oxygens (including phenoxy) is 1. The van der Waals surface area contributed by atoms with Crippen molar-refractivity contribution in [1.29, 1.82) is 0 Å². The molecule has 2 aliphatic heterocycles. The molecule has 0 aromatic rings. The maximum absolute atomic E-state index is 6.03. The van der Waals surface area contributed by atoms with Gasteiger partial charge in [-0.25, -0.2) is 0 Å². The molecule has 0 saturated carbocycles. The number of nitrogens with two attached hydrogens (primary N) is 1. The number of piperidine rings is 1. The normalized spacial score (nSPS) is 40.3. The average Bonchev–Trinajstić information content (AvgIpc) is 2.17. The molecule has 0 aromatic heterocycles. The van der Waals surface area contributed by atoms with E-state index in [1.54, 1.807) is 0 Å². The first-order valence-electron chi connectivity index (χ1n) is 5.86. The van der Waals surface area contributed by atoms with E-state index >= 15 is 0 Å². The predicted molar refractivity (Wildman–Crippen MR) is 57.2 cm³/mol. The maximum atomic E-state index is 6.03. The zero-order valence-corrected chi connectivity index (χ0v) is 9.17. The zero-order valence-electron chi connectivity index (χ0n) is 9.17. The van der Waals surface area contributed by atoms with Crippen molar-refractivity contribution in [2.45, 2.75) is 44.2 Å². The molecule has 2 saturated heterocycles. The number of hydrogen-bond donors (Lipinski definition) is 1. The fraction of sp³-hybridized carbons (Fsp3) is 1.00. The number of rotatable bonds is 1. The van der Waals surface area contributed by atoms with Gasteiger partial charge in [-0.1, -0.05) is 6.92 Å². The Morgan fingerprint density at radius 1 is 1.57 bits per heavy atom. The van der Waals surface area contributed by atoms with Gasteiger partial charge >= 0.3 is 0 Å². The summed E-state index contributed by atoms with van der Waals surface area (Å²) in [5.74, 6) is 0. The molecule has 3 nitrogen and oxygen atoms in total. The smallest absolute Gasteiger partial charge is 0.0824 e. The van der Waals surface area contributed by atoms with Gasteiger partial charge in [0, 0.05) is 19.2 Å². The Hall–Kier alpha value is -0.120. The van der Waals surface area contributed by atoms with E-state index < -0.39 is 0 Å². The van der Waals surface area contributed by atoms with E-state index in [0.717, 1.165) is 32.5 Å². The number of likely N-dealkylation sites (N-methyl/N-ethyl adjacent to an activating group) is 1. The van der Waals surface area contributed by atoms with Crippen molar-refractivity contribution >= 4 is 0 Å². The molecule has 0 aliphatic carbocycles. The lowest BCUT2D eigenvalue weighted by Gasteiger charge is -2.46. The number of nitrogens with zero attached hydrogens (tertiary/aromatic N) is 1. The highest BCUT2D eigenvalue weighted by Crippen LogP contribution is 2.32. The van der Waals surface area contributed by atoms with Gasteiger partial charge in [-0.3, -0.25) is 0 Å². The monoisotopic (exact) mass is 198 g/mol.